The normalized spacial score (nSPS) is 11.6. The maximum Gasteiger partial charge on any atom is 0.164 e. The summed E-state index contributed by atoms with van der Waals surface area (Å²) in [5.74, 6) is 1.81. The minimum absolute atomic E-state index is 0.588. The zero-order valence-electron chi connectivity index (χ0n) is 30.2. The summed E-state index contributed by atoms with van der Waals surface area (Å²) in [5, 5.41) is 4.27. The van der Waals surface area contributed by atoms with Crippen LogP contribution in [0.4, 0.5) is 0 Å². The number of hydrogen-bond acceptors (Lipinski definition) is 4. The molecule has 0 aliphatic carbocycles. The van der Waals surface area contributed by atoms with Crippen molar-refractivity contribution in [3.63, 3.8) is 0 Å². The molecule has 0 atom stereocenters. The van der Waals surface area contributed by atoms with Gasteiger partial charge in [0.05, 0.1) is 11.0 Å². The molecule has 0 spiro atoms. The molecule has 3 heterocycles. The minimum atomic E-state index is 0.588. The Balaban J connectivity index is 1.12. The number of para-hydroxylation sites is 1. The fourth-order valence-corrected chi connectivity index (χ4v) is 7.99. The van der Waals surface area contributed by atoms with Gasteiger partial charge >= 0.3 is 0 Å². The van der Waals surface area contributed by atoms with Gasteiger partial charge in [-0.25, -0.2) is 15.0 Å². The SMILES string of the molecule is c1ccc(-c2ccc(-c3nc(-c4ccccc4)nc(-c4cccc5oc6cc7c8ccccc8n(-c8cccc(-c9ccccc9)c8)c7cc6c45)n3)cc2)cc1. The second-order valence-electron chi connectivity index (χ2n) is 14.0. The first kappa shape index (κ1) is 31.9. The monoisotopic (exact) mass is 716 g/mol. The summed E-state index contributed by atoms with van der Waals surface area (Å²) < 4.78 is 9.03. The molecule has 262 valence electrons. The van der Waals surface area contributed by atoms with Crippen molar-refractivity contribution >= 4 is 43.7 Å². The van der Waals surface area contributed by atoms with Crippen LogP contribution >= 0.6 is 0 Å². The van der Waals surface area contributed by atoms with Crippen LogP contribution in [-0.2, 0) is 0 Å². The van der Waals surface area contributed by atoms with Crippen molar-refractivity contribution in [1.29, 1.82) is 0 Å². The second kappa shape index (κ2) is 13.0. The molecule has 8 aromatic carbocycles. The van der Waals surface area contributed by atoms with Crippen molar-refractivity contribution in [2.45, 2.75) is 0 Å². The molecule has 11 rings (SSSR count). The van der Waals surface area contributed by atoms with Gasteiger partial charge in [-0.15, -0.1) is 0 Å². The molecule has 5 heteroatoms. The Hall–Kier alpha value is -7.63. The van der Waals surface area contributed by atoms with Gasteiger partial charge in [0, 0.05) is 43.9 Å². The highest BCUT2D eigenvalue weighted by Gasteiger charge is 2.21. The molecule has 0 saturated heterocycles. The molecule has 0 aliphatic rings. The van der Waals surface area contributed by atoms with Crippen molar-refractivity contribution < 1.29 is 4.42 Å². The highest BCUT2D eigenvalue weighted by molar-refractivity contribution is 6.19. The third-order valence-electron chi connectivity index (χ3n) is 10.7. The lowest BCUT2D eigenvalue weighted by atomic mass is 10.0. The van der Waals surface area contributed by atoms with E-state index in [4.69, 9.17) is 19.4 Å². The lowest BCUT2D eigenvalue weighted by Crippen LogP contribution is -2.00. The van der Waals surface area contributed by atoms with Crippen molar-refractivity contribution in [3.05, 3.63) is 194 Å². The van der Waals surface area contributed by atoms with E-state index in [1.54, 1.807) is 0 Å². The number of rotatable bonds is 6. The summed E-state index contributed by atoms with van der Waals surface area (Å²) in [4.78, 5) is 15.3. The van der Waals surface area contributed by atoms with E-state index in [1.165, 1.54) is 16.5 Å². The molecule has 0 unspecified atom stereocenters. The molecule has 0 radical (unpaired) electrons. The first-order valence-corrected chi connectivity index (χ1v) is 18.8. The van der Waals surface area contributed by atoms with Crippen LogP contribution < -0.4 is 0 Å². The standard InChI is InChI=1S/C51H32N4O/c1-4-14-33(15-5-1)35-26-28-37(29-27-35)50-52-49(36-18-8-3-9-19-36)53-51(54-50)41-23-13-25-46-48(41)43-31-45-42(32-47(43)56-46)40-22-10-11-24-44(40)55(45)39-21-12-20-38(30-39)34-16-6-2-7-17-34/h1-32H. The number of aromatic nitrogens is 4. The van der Waals surface area contributed by atoms with Gasteiger partial charge < -0.3 is 8.98 Å². The zero-order chi connectivity index (χ0) is 37.0. The van der Waals surface area contributed by atoms with E-state index in [2.05, 4.69) is 150 Å². The summed E-state index contributed by atoms with van der Waals surface area (Å²) in [7, 11) is 0. The molecule has 0 bridgehead atoms. The van der Waals surface area contributed by atoms with E-state index in [-0.39, 0.29) is 0 Å². The average molecular weight is 717 g/mol. The van der Waals surface area contributed by atoms with Gasteiger partial charge in [-0.2, -0.15) is 0 Å². The predicted molar refractivity (Wildman–Crippen MR) is 229 cm³/mol. The Labute approximate surface area is 322 Å². The molecule has 56 heavy (non-hydrogen) atoms. The number of benzene rings is 8. The van der Waals surface area contributed by atoms with Gasteiger partial charge in [0.25, 0.3) is 0 Å². The molecule has 0 amide bonds. The van der Waals surface area contributed by atoms with E-state index >= 15 is 0 Å². The average Bonchev–Trinajstić information content (AvgIpc) is 3.81. The van der Waals surface area contributed by atoms with E-state index in [0.717, 1.165) is 71.9 Å². The Bertz CT molecular complexity index is 3220. The molecule has 5 nitrogen and oxygen atoms in total. The van der Waals surface area contributed by atoms with Crippen LogP contribution in [0.5, 0.6) is 0 Å². The fourth-order valence-electron chi connectivity index (χ4n) is 7.99. The molecule has 0 aliphatic heterocycles. The number of fused-ring (bicyclic) bond motifs is 6. The minimum Gasteiger partial charge on any atom is -0.456 e. The second-order valence-corrected chi connectivity index (χ2v) is 14.0. The molecular weight excluding hydrogens is 685 g/mol. The van der Waals surface area contributed by atoms with Crippen molar-refractivity contribution in [3.8, 4) is 62.1 Å². The highest BCUT2D eigenvalue weighted by Crippen LogP contribution is 2.42. The molecular formula is C51H32N4O. The van der Waals surface area contributed by atoms with E-state index < -0.39 is 0 Å². The van der Waals surface area contributed by atoms with Gasteiger partial charge in [0.15, 0.2) is 17.5 Å². The van der Waals surface area contributed by atoms with Crippen LogP contribution in [0.15, 0.2) is 199 Å². The number of hydrogen-bond donors (Lipinski definition) is 0. The number of furan rings is 1. The van der Waals surface area contributed by atoms with Gasteiger partial charge in [-0.3, -0.25) is 0 Å². The maximum absolute atomic E-state index is 6.67. The third-order valence-corrected chi connectivity index (χ3v) is 10.7. The molecule has 0 fully saturated rings. The van der Waals surface area contributed by atoms with Crippen molar-refractivity contribution in [1.82, 2.24) is 19.5 Å². The Morgan fingerprint density at radius 3 is 1.62 bits per heavy atom. The predicted octanol–water partition coefficient (Wildman–Crippen LogP) is 13.2. The van der Waals surface area contributed by atoms with Crippen LogP contribution in [0.2, 0.25) is 0 Å². The third kappa shape index (κ3) is 5.37. The van der Waals surface area contributed by atoms with Crippen molar-refractivity contribution in [2.75, 3.05) is 0 Å². The van der Waals surface area contributed by atoms with E-state index in [0.29, 0.717) is 17.5 Å². The number of nitrogens with zero attached hydrogens (tertiary/aromatic N) is 4. The van der Waals surface area contributed by atoms with Crippen LogP contribution in [-0.4, -0.2) is 19.5 Å². The largest absolute Gasteiger partial charge is 0.456 e. The van der Waals surface area contributed by atoms with Crippen LogP contribution in [0.25, 0.3) is 106 Å². The van der Waals surface area contributed by atoms with Gasteiger partial charge in [0.1, 0.15) is 11.2 Å². The molecule has 3 aromatic heterocycles. The summed E-state index contributed by atoms with van der Waals surface area (Å²) in [6.07, 6.45) is 0. The first-order chi connectivity index (χ1) is 27.7. The Morgan fingerprint density at radius 1 is 0.339 bits per heavy atom. The maximum atomic E-state index is 6.67. The fraction of sp³-hybridized carbons (Fsp3) is 0. The molecule has 0 saturated carbocycles. The summed E-state index contributed by atoms with van der Waals surface area (Å²) >= 11 is 0. The Morgan fingerprint density at radius 2 is 0.893 bits per heavy atom. The lowest BCUT2D eigenvalue weighted by Gasteiger charge is -2.11. The smallest absolute Gasteiger partial charge is 0.164 e. The lowest BCUT2D eigenvalue weighted by molar-refractivity contribution is 0.669. The highest BCUT2D eigenvalue weighted by atomic mass is 16.3. The van der Waals surface area contributed by atoms with Gasteiger partial charge in [-0.1, -0.05) is 158 Å². The quantitative estimate of drug-likeness (QED) is 0.172. The van der Waals surface area contributed by atoms with Crippen molar-refractivity contribution in [2.24, 2.45) is 0 Å². The molecule has 0 N–H and O–H groups in total. The van der Waals surface area contributed by atoms with E-state index in [9.17, 15) is 0 Å². The summed E-state index contributed by atoms with van der Waals surface area (Å²) in [6, 6.07) is 67.4. The summed E-state index contributed by atoms with van der Waals surface area (Å²) in [5.41, 5.74) is 12.3. The molecule has 11 aromatic rings. The first-order valence-electron chi connectivity index (χ1n) is 18.8. The van der Waals surface area contributed by atoms with Gasteiger partial charge in [0.2, 0.25) is 0 Å². The van der Waals surface area contributed by atoms with Crippen LogP contribution in [0.3, 0.4) is 0 Å². The zero-order valence-corrected chi connectivity index (χ0v) is 30.2. The van der Waals surface area contributed by atoms with Gasteiger partial charge in [-0.05, 0) is 58.7 Å². The summed E-state index contributed by atoms with van der Waals surface area (Å²) in [6.45, 7) is 0. The topological polar surface area (TPSA) is 56.7 Å². The Kier molecular flexibility index (Phi) is 7.42. The van der Waals surface area contributed by atoms with Crippen LogP contribution in [0.1, 0.15) is 0 Å². The van der Waals surface area contributed by atoms with Crippen LogP contribution in [0, 0.1) is 0 Å². The van der Waals surface area contributed by atoms with E-state index in [1.807, 2.05) is 48.5 Å².